The van der Waals surface area contributed by atoms with Crippen molar-refractivity contribution < 1.29 is 46.7 Å². The van der Waals surface area contributed by atoms with Crippen molar-refractivity contribution in [3.8, 4) is 5.75 Å². The van der Waals surface area contributed by atoms with E-state index in [2.05, 4.69) is 5.09 Å². The number of hydrogen-bond acceptors (Lipinski definition) is 10. The molecule has 1 aliphatic rings. The van der Waals surface area contributed by atoms with Gasteiger partial charge in [0.1, 0.15) is 24.0 Å². The molecule has 0 aliphatic carbocycles. The molecule has 0 radical (unpaired) electrons. The Morgan fingerprint density at radius 2 is 1.90 bits per heavy atom. The number of aliphatic hydroxyl groups is 2. The van der Waals surface area contributed by atoms with Gasteiger partial charge < -0.3 is 28.7 Å². The molecule has 0 amide bonds. The van der Waals surface area contributed by atoms with Crippen LogP contribution in [-0.2, 0) is 30.6 Å². The van der Waals surface area contributed by atoms with Crippen LogP contribution < -0.4 is 20.9 Å². The van der Waals surface area contributed by atoms with Gasteiger partial charge in [-0.25, -0.2) is 18.7 Å². The van der Waals surface area contributed by atoms with E-state index in [-0.39, 0.29) is 5.75 Å². The topological polar surface area (TPSA) is 161 Å². The first-order valence-electron chi connectivity index (χ1n) is 11.5. The lowest BCUT2D eigenvalue weighted by Gasteiger charge is -2.34. The number of carbonyl (C=O) groups is 1. The summed E-state index contributed by atoms with van der Waals surface area (Å²) < 4.78 is 64.7. The van der Waals surface area contributed by atoms with Crippen LogP contribution in [0.4, 0.5) is 13.2 Å². The highest BCUT2D eigenvalue weighted by Crippen LogP contribution is 2.49. The molecule has 1 aliphatic heterocycles. The second-order valence-corrected chi connectivity index (χ2v) is 12.0. The molecule has 3 rings (SSSR count). The molecule has 1 aromatic carbocycles. The smallest absolute Gasteiger partial charge is 0.330 e. The van der Waals surface area contributed by atoms with Gasteiger partial charge in [0, 0.05) is 0 Å². The number of ether oxygens (including phenoxy) is 2. The van der Waals surface area contributed by atoms with Crippen LogP contribution in [0.25, 0.3) is 0 Å². The van der Waals surface area contributed by atoms with Gasteiger partial charge in [0.15, 0.2) is 11.8 Å². The van der Waals surface area contributed by atoms with E-state index in [0.29, 0.717) is 10.8 Å². The molecule has 39 heavy (non-hydrogen) atoms. The Labute approximate surface area is 224 Å². The quantitative estimate of drug-likeness (QED) is 0.218. The molecule has 1 saturated heterocycles. The number of esters is 1. The van der Waals surface area contributed by atoms with Crippen molar-refractivity contribution in [2.24, 2.45) is 0 Å². The monoisotopic (exact) mass is 597 g/mol. The van der Waals surface area contributed by atoms with Crippen molar-refractivity contribution in [2.45, 2.75) is 63.4 Å². The maximum Gasteiger partial charge on any atom is 0.330 e. The summed E-state index contributed by atoms with van der Waals surface area (Å²) in [5, 5.41) is 23.7. The fourth-order valence-electron chi connectivity index (χ4n) is 3.56. The maximum atomic E-state index is 14.4. The summed E-state index contributed by atoms with van der Waals surface area (Å²) in [5.41, 5.74) is -5.67. The van der Waals surface area contributed by atoms with Crippen molar-refractivity contribution in [3.05, 3.63) is 63.2 Å². The Hall–Kier alpha value is -2.59. The van der Waals surface area contributed by atoms with Crippen LogP contribution in [0.5, 0.6) is 5.75 Å². The van der Waals surface area contributed by atoms with E-state index in [0.717, 1.165) is 0 Å². The number of carbonyl (C=O) groups excluding carboxylic acids is 1. The minimum atomic E-state index is -3.89. The number of aromatic nitrogens is 2. The molecular formula is C22H27F3N3O9PS. The Kier molecular flexibility index (Phi) is 9.75. The highest BCUT2D eigenvalue weighted by Gasteiger charge is 2.61. The number of H-pyrrole nitrogens is 1. The second-order valence-electron chi connectivity index (χ2n) is 8.85. The number of rotatable bonds is 11. The molecule has 1 fully saturated rings. The normalized spacial score (nSPS) is 25.4. The number of nitrogens with zero attached hydrogens (tertiary/aromatic N) is 1. The van der Waals surface area contributed by atoms with Gasteiger partial charge in [-0.2, -0.15) is 4.39 Å². The van der Waals surface area contributed by atoms with Crippen LogP contribution in [0.3, 0.4) is 0 Å². The summed E-state index contributed by atoms with van der Waals surface area (Å²) in [6, 6.07) is 6.72. The summed E-state index contributed by atoms with van der Waals surface area (Å²) in [6.45, 7) is -0.487. The molecule has 0 saturated carbocycles. The molecule has 1 aromatic heterocycles. The van der Waals surface area contributed by atoms with Crippen LogP contribution in [0.15, 0.2) is 46.1 Å². The van der Waals surface area contributed by atoms with E-state index in [4.69, 9.17) is 30.3 Å². The van der Waals surface area contributed by atoms with Crippen LogP contribution >= 0.6 is 6.64 Å². The third-order valence-electron chi connectivity index (χ3n) is 5.51. The highest BCUT2D eigenvalue weighted by molar-refractivity contribution is 8.09. The summed E-state index contributed by atoms with van der Waals surface area (Å²) in [4.78, 5) is 37.5. The van der Waals surface area contributed by atoms with E-state index in [1.807, 2.05) is 0 Å². The first-order valence-corrected chi connectivity index (χ1v) is 14.1. The Bertz CT molecular complexity index is 1330. The predicted molar refractivity (Wildman–Crippen MR) is 133 cm³/mol. The predicted octanol–water partition coefficient (Wildman–Crippen LogP) is 1.18. The van der Waals surface area contributed by atoms with E-state index in [9.17, 15) is 37.8 Å². The summed E-state index contributed by atoms with van der Waals surface area (Å²) in [6.07, 6.45) is -10.3. The minimum absolute atomic E-state index is 0.157. The van der Waals surface area contributed by atoms with Gasteiger partial charge in [-0.1, -0.05) is 18.2 Å². The second kappa shape index (κ2) is 12.3. The van der Waals surface area contributed by atoms with Gasteiger partial charge in [0.05, 0.1) is 18.9 Å². The molecule has 216 valence electrons. The molecule has 4 N–H and O–H groups in total. The number of benzene rings is 1. The summed E-state index contributed by atoms with van der Waals surface area (Å²) >= 11 is 5.47. The first-order chi connectivity index (χ1) is 18.2. The van der Waals surface area contributed by atoms with E-state index < -0.39 is 78.9 Å². The zero-order valence-corrected chi connectivity index (χ0v) is 22.5. The van der Waals surface area contributed by atoms with E-state index in [1.54, 1.807) is 37.0 Å². The number of alkyl halides is 2. The van der Waals surface area contributed by atoms with Crippen molar-refractivity contribution in [2.75, 3.05) is 6.61 Å². The third-order valence-corrected chi connectivity index (χ3v) is 7.99. The van der Waals surface area contributed by atoms with Crippen molar-refractivity contribution in [1.82, 2.24) is 14.6 Å². The molecule has 12 nitrogen and oxygen atoms in total. The molecule has 1 unspecified atom stereocenters. The molecule has 17 heteroatoms. The minimum Gasteiger partial charge on any atom is -0.462 e. The highest BCUT2D eigenvalue weighted by atomic mass is 32.5. The van der Waals surface area contributed by atoms with Crippen LogP contribution in [0.1, 0.15) is 27.0 Å². The van der Waals surface area contributed by atoms with Gasteiger partial charge >= 0.3 is 18.3 Å². The standard InChI is InChI=1S/C22H27F3N3O9PS/c1-11(2)35-19(32)12(3)27-38(39,37-13-7-5-4-6-8-13)34-10-22(20(24)25)16(30)15(29)18(36-22)28-9-14(23)17(31)26-21(28)33/h4-9,11-12,15-16,18,20,29-30H,10H2,1-3H3,(H,27,39)(H,26,31,33)/t12-,15-,16-,18+,22+,38?/m0/s1. The lowest BCUT2D eigenvalue weighted by molar-refractivity contribution is -0.192. The number of nitrogens with one attached hydrogen (secondary N) is 2. The van der Waals surface area contributed by atoms with Crippen LogP contribution in [-0.4, -0.2) is 68.7 Å². The lowest BCUT2D eigenvalue weighted by atomic mass is 9.96. The number of aromatic amines is 1. The molecular weight excluding hydrogens is 570 g/mol. The number of hydrogen-bond donors (Lipinski definition) is 4. The first kappa shape index (κ1) is 30.9. The number of aliphatic hydroxyl groups excluding tert-OH is 2. The fraction of sp³-hybridized carbons (Fsp3) is 0.500. The maximum absolute atomic E-state index is 14.4. The molecule has 6 atom stereocenters. The van der Waals surface area contributed by atoms with Crippen molar-refractivity contribution >= 4 is 24.4 Å². The Morgan fingerprint density at radius 3 is 2.49 bits per heavy atom. The Balaban J connectivity index is 1.92. The molecule has 2 aromatic rings. The fourth-order valence-corrected chi connectivity index (χ4v) is 5.98. The molecule has 0 bridgehead atoms. The van der Waals surface area contributed by atoms with Crippen molar-refractivity contribution in [1.29, 1.82) is 0 Å². The van der Waals surface area contributed by atoms with Gasteiger partial charge in [0.25, 0.3) is 12.0 Å². The van der Waals surface area contributed by atoms with Gasteiger partial charge in [-0.05, 0) is 44.7 Å². The molecule has 0 spiro atoms. The zero-order chi connectivity index (χ0) is 29.1. The van der Waals surface area contributed by atoms with E-state index >= 15 is 0 Å². The zero-order valence-electron chi connectivity index (χ0n) is 20.8. The summed E-state index contributed by atoms with van der Waals surface area (Å²) in [5.74, 6) is -2.05. The number of para-hydroxylation sites is 1. The van der Waals surface area contributed by atoms with Gasteiger partial charge in [-0.15, -0.1) is 0 Å². The van der Waals surface area contributed by atoms with Crippen LogP contribution in [0.2, 0.25) is 0 Å². The van der Waals surface area contributed by atoms with Crippen molar-refractivity contribution in [3.63, 3.8) is 0 Å². The van der Waals surface area contributed by atoms with E-state index in [1.165, 1.54) is 19.1 Å². The third kappa shape index (κ3) is 6.95. The van der Waals surface area contributed by atoms with Gasteiger partial charge in [0.2, 0.25) is 5.82 Å². The Morgan fingerprint density at radius 1 is 1.26 bits per heavy atom. The average molecular weight is 598 g/mol. The largest absolute Gasteiger partial charge is 0.462 e. The summed E-state index contributed by atoms with van der Waals surface area (Å²) in [7, 11) is 0. The average Bonchev–Trinajstić information content (AvgIpc) is 3.11. The molecule has 2 heterocycles. The SMILES string of the molecule is CC(C)OC(=O)[C@H](C)NP(=S)(OC[C@@]1(C(F)F)O[C@@H](n2cc(F)c(=O)[nH]c2=O)[C@@H](O)[C@@H]1O)Oc1ccccc1. The number of halogens is 3. The van der Waals surface area contributed by atoms with Gasteiger partial charge in [-0.3, -0.25) is 19.1 Å². The lowest BCUT2D eigenvalue weighted by Crippen LogP contribution is -2.53. The van der Waals surface area contributed by atoms with Crippen LogP contribution in [0, 0.1) is 5.82 Å².